The number of hydrogen-bond donors (Lipinski definition) is 4. The van der Waals surface area contributed by atoms with E-state index in [1.807, 2.05) is 12.1 Å². The van der Waals surface area contributed by atoms with Crippen LogP contribution in [0.5, 0.6) is 0 Å². The summed E-state index contributed by atoms with van der Waals surface area (Å²) in [5.41, 5.74) is 6.61. The minimum atomic E-state index is -0.235. The van der Waals surface area contributed by atoms with Crippen LogP contribution in [-0.2, 0) is 4.84 Å². The van der Waals surface area contributed by atoms with E-state index in [-0.39, 0.29) is 60.6 Å². The molecule has 0 spiro atoms. The van der Waals surface area contributed by atoms with Gasteiger partial charge in [0.15, 0.2) is 0 Å². The minimum absolute atomic E-state index is 0. The van der Waals surface area contributed by atoms with Crippen LogP contribution in [0.25, 0.3) is 10.9 Å². The summed E-state index contributed by atoms with van der Waals surface area (Å²) in [6.45, 7) is 0. The molecule has 0 radical (unpaired) electrons. The number of anilines is 1. The number of carbonyl (C=O) groups is 1. The van der Waals surface area contributed by atoms with Crippen molar-refractivity contribution in [3.8, 4) is 0 Å². The number of carbonyl (C=O) groups excluding carboxylic acids is 1. The van der Waals surface area contributed by atoms with Gasteiger partial charge in [-0.25, -0.2) is 9.97 Å². The summed E-state index contributed by atoms with van der Waals surface area (Å²) in [5, 5.41) is 15.1. The van der Waals surface area contributed by atoms with Crippen LogP contribution in [0.2, 0.25) is 5.02 Å². The number of fused-ring (bicyclic) bond motifs is 1. The third kappa shape index (κ3) is 7.88. The third-order valence-electron chi connectivity index (χ3n) is 6.66. The van der Waals surface area contributed by atoms with Crippen molar-refractivity contribution in [3.05, 3.63) is 29.0 Å². The van der Waals surface area contributed by atoms with E-state index in [4.69, 9.17) is 22.2 Å². The average molecular weight is 561 g/mol. The van der Waals surface area contributed by atoms with E-state index in [9.17, 15) is 4.79 Å². The molecule has 1 aromatic carbocycles. The molecule has 2 aliphatic carbocycles. The molecule has 4 rings (SSSR count). The number of halogens is 3. The normalized spacial score (nSPS) is 20.9. The first kappa shape index (κ1) is 30.0. The molecule has 9 nitrogen and oxygen atoms in total. The second-order valence-corrected chi connectivity index (χ2v) is 9.60. The summed E-state index contributed by atoms with van der Waals surface area (Å²) < 4.78 is 0. The molecule has 1 amide bonds. The molecule has 0 saturated heterocycles. The van der Waals surface area contributed by atoms with Gasteiger partial charge in [0.1, 0.15) is 12.9 Å². The van der Waals surface area contributed by atoms with Crippen LogP contribution < -0.4 is 21.7 Å². The number of rotatable bonds is 6. The molecule has 1 heterocycles. The molecular weight excluding hydrogens is 525 g/mol. The van der Waals surface area contributed by atoms with Gasteiger partial charge in [-0.05, 0) is 49.0 Å². The fourth-order valence-corrected chi connectivity index (χ4v) is 5.12. The number of benzene rings is 1. The van der Waals surface area contributed by atoms with E-state index in [1.54, 1.807) is 6.07 Å². The SMILES string of the molecule is CO/N=C(/N)N[C@@H]1CCCC[C@@H]1Nc1nc(C(=O)NC2CCCCCC2)nc2ccc(Cl)cc12.Cl.Cl. The fraction of sp³-hybridized carbons (Fsp3) is 0.583. The third-order valence-corrected chi connectivity index (χ3v) is 6.90. The van der Waals surface area contributed by atoms with Gasteiger partial charge < -0.3 is 26.5 Å². The van der Waals surface area contributed by atoms with E-state index in [0.717, 1.165) is 56.8 Å². The van der Waals surface area contributed by atoms with Crippen molar-refractivity contribution in [2.75, 3.05) is 12.4 Å². The molecule has 1 aromatic heterocycles. The van der Waals surface area contributed by atoms with Crippen LogP contribution >= 0.6 is 36.4 Å². The molecule has 2 saturated carbocycles. The van der Waals surface area contributed by atoms with Crippen LogP contribution in [0.15, 0.2) is 23.4 Å². The number of nitrogens with zero attached hydrogens (tertiary/aromatic N) is 3. The van der Waals surface area contributed by atoms with Crippen molar-refractivity contribution in [1.29, 1.82) is 0 Å². The second-order valence-electron chi connectivity index (χ2n) is 9.16. The minimum Gasteiger partial charge on any atom is -0.396 e. The standard InChI is InChI=1S/C24H34ClN7O2.2ClH/c1-34-32-24(26)30-20-11-7-6-10-19(20)29-21-17-14-15(25)12-13-18(17)28-22(31-21)23(33)27-16-8-4-2-3-5-9-16;;/h12-14,16,19-20H,2-11H2,1H3,(H,27,33)(H3,26,30,32)(H,28,29,31);2*1H/t19-,20+;;/m0../s1. The lowest BCUT2D eigenvalue weighted by molar-refractivity contribution is 0.0923. The van der Waals surface area contributed by atoms with E-state index in [0.29, 0.717) is 16.4 Å². The van der Waals surface area contributed by atoms with E-state index >= 15 is 0 Å². The Balaban J connectivity index is 0.00000228. The van der Waals surface area contributed by atoms with Gasteiger partial charge in [0, 0.05) is 28.5 Å². The van der Waals surface area contributed by atoms with Crippen molar-refractivity contribution in [2.24, 2.45) is 10.9 Å². The molecule has 2 fully saturated rings. The van der Waals surface area contributed by atoms with E-state index in [1.165, 1.54) is 20.0 Å². The zero-order valence-corrected chi connectivity index (χ0v) is 22.9. The van der Waals surface area contributed by atoms with Gasteiger partial charge in [-0.15, -0.1) is 24.8 Å². The first-order valence-electron chi connectivity index (χ1n) is 12.2. The Morgan fingerprint density at radius 2 is 1.67 bits per heavy atom. The maximum Gasteiger partial charge on any atom is 0.289 e. The van der Waals surface area contributed by atoms with E-state index in [2.05, 4.69) is 31.1 Å². The number of oxime groups is 1. The molecule has 2 aromatic rings. The van der Waals surface area contributed by atoms with Gasteiger partial charge in [0.2, 0.25) is 11.8 Å². The van der Waals surface area contributed by atoms with Crippen molar-refractivity contribution < 1.29 is 9.63 Å². The molecule has 2 aliphatic rings. The van der Waals surface area contributed by atoms with Crippen molar-refractivity contribution in [1.82, 2.24) is 20.6 Å². The fourth-order valence-electron chi connectivity index (χ4n) is 4.95. The van der Waals surface area contributed by atoms with Crippen molar-refractivity contribution >= 4 is 65.0 Å². The van der Waals surface area contributed by atoms with Crippen LogP contribution in [0.4, 0.5) is 5.82 Å². The van der Waals surface area contributed by atoms with Gasteiger partial charge in [-0.1, -0.05) is 50.1 Å². The second kappa shape index (κ2) is 14.5. The zero-order chi connectivity index (χ0) is 23.9. The summed E-state index contributed by atoms with van der Waals surface area (Å²) >= 11 is 6.29. The van der Waals surface area contributed by atoms with Crippen molar-refractivity contribution in [2.45, 2.75) is 82.3 Å². The summed E-state index contributed by atoms with van der Waals surface area (Å²) in [6, 6.07) is 5.69. The van der Waals surface area contributed by atoms with Crippen molar-refractivity contribution in [3.63, 3.8) is 0 Å². The molecule has 0 bridgehead atoms. The summed E-state index contributed by atoms with van der Waals surface area (Å²) in [6.07, 6.45) is 10.7. The van der Waals surface area contributed by atoms with Gasteiger partial charge >= 0.3 is 0 Å². The largest absolute Gasteiger partial charge is 0.396 e. The Hall–Kier alpha value is -2.23. The Kier molecular flexibility index (Phi) is 12.1. The monoisotopic (exact) mass is 559 g/mol. The van der Waals surface area contributed by atoms with Gasteiger partial charge in [0.25, 0.3) is 5.91 Å². The lowest BCUT2D eigenvalue weighted by Crippen LogP contribution is -2.51. The number of nitrogens with two attached hydrogens (primary N) is 1. The number of hydrogen-bond acceptors (Lipinski definition) is 6. The Labute approximate surface area is 229 Å². The topological polar surface area (TPSA) is 127 Å². The first-order valence-corrected chi connectivity index (χ1v) is 12.6. The quantitative estimate of drug-likeness (QED) is 0.173. The summed E-state index contributed by atoms with van der Waals surface area (Å²) in [7, 11) is 1.46. The Morgan fingerprint density at radius 1 is 1.00 bits per heavy atom. The number of nitrogens with one attached hydrogen (secondary N) is 3. The highest BCUT2D eigenvalue weighted by atomic mass is 35.5. The molecule has 0 unspecified atom stereocenters. The highest BCUT2D eigenvalue weighted by Gasteiger charge is 2.27. The average Bonchev–Trinajstić information content (AvgIpc) is 3.09. The summed E-state index contributed by atoms with van der Waals surface area (Å²) in [5.74, 6) is 0.767. The van der Waals surface area contributed by atoms with Gasteiger partial charge in [-0.3, -0.25) is 4.79 Å². The smallest absolute Gasteiger partial charge is 0.289 e. The molecule has 36 heavy (non-hydrogen) atoms. The Bertz CT molecular complexity index is 1030. The van der Waals surface area contributed by atoms with Crippen LogP contribution in [0.3, 0.4) is 0 Å². The Morgan fingerprint density at radius 3 is 2.36 bits per heavy atom. The van der Waals surface area contributed by atoms with Gasteiger partial charge in [0.05, 0.1) is 5.52 Å². The highest BCUT2D eigenvalue weighted by Crippen LogP contribution is 2.28. The first-order chi connectivity index (χ1) is 16.5. The maximum absolute atomic E-state index is 13.1. The zero-order valence-electron chi connectivity index (χ0n) is 20.5. The van der Waals surface area contributed by atoms with Crippen LogP contribution in [-0.4, -0.2) is 47.1 Å². The number of guanidine groups is 1. The lowest BCUT2D eigenvalue weighted by Gasteiger charge is -2.33. The molecule has 2 atom stereocenters. The predicted octanol–water partition coefficient (Wildman–Crippen LogP) is 4.77. The highest BCUT2D eigenvalue weighted by molar-refractivity contribution is 6.31. The lowest BCUT2D eigenvalue weighted by atomic mass is 9.90. The van der Waals surface area contributed by atoms with Crippen LogP contribution in [0.1, 0.15) is 74.8 Å². The molecule has 0 aliphatic heterocycles. The van der Waals surface area contributed by atoms with Gasteiger partial charge in [-0.2, -0.15) is 0 Å². The molecular formula is C24H36Cl3N7O2. The van der Waals surface area contributed by atoms with E-state index < -0.39 is 0 Å². The maximum atomic E-state index is 13.1. The molecule has 12 heteroatoms. The molecule has 200 valence electrons. The molecule has 5 N–H and O–H groups in total. The predicted molar refractivity (Wildman–Crippen MR) is 149 cm³/mol. The van der Waals surface area contributed by atoms with Crippen LogP contribution in [0, 0.1) is 0 Å². The number of aromatic nitrogens is 2. The summed E-state index contributed by atoms with van der Waals surface area (Å²) in [4.78, 5) is 27.1. The number of amides is 1.